The number of hydrogen-bond donors (Lipinski definition) is 0. The summed E-state index contributed by atoms with van der Waals surface area (Å²) in [6.07, 6.45) is 2.80. The molecule has 1 rings (SSSR count). The average Bonchev–Trinajstić information content (AvgIpc) is 2.15. The van der Waals surface area contributed by atoms with Crippen LogP contribution in [0.5, 0.6) is 0 Å². The number of allylic oxidation sites excluding steroid dienone is 1. The first-order valence-electron chi connectivity index (χ1n) is 4.08. The smallest absolute Gasteiger partial charge is 0.0298 e. The highest BCUT2D eigenvalue weighted by Gasteiger charge is 1.95. The van der Waals surface area contributed by atoms with E-state index in [0.717, 1.165) is 6.42 Å². The standard InChI is InChI=1S/C11H13N/c1-3-10(9-12-2)11-7-5-4-6-8-11/h4-9H,2-3H2,1H3/b10-9+. The molecule has 1 aromatic rings. The quantitative estimate of drug-likeness (QED) is 0.601. The maximum atomic E-state index is 3.77. The van der Waals surface area contributed by atoms with Gasteiger partial charge < -0.3 is 0 Å². The van der Waals surface area contributed by atoms with Crippen molar-refractivity contribution in [3.8, 4) is 0 Å². The minimum atomic E-state index is 0.989. The van der Waals surface area contributed by atoms with Gasteiger partial charge in [0.15, 0.2) is 0 Å². The first-order valence-corrected chi connectivity index (χ1v) is 4.08. The van der Waals surface area contributed by atoms with Gasteiger partial charge in [-0.05, 0) is 24.3 Å². The van der Waals surface area contributed by atoms with Crippen LogP contribution < -0.4 is 0 Å². The van der Waals surface area contributed by atoms with Crippen LogP contribution in [0.3, 0.4) is 0 Å². The van der Waals surface area contributed by atoms with E-state index in [2.05, 4.69) is 30.8 Å². The molecule has 62 valence electrons. The van der Waals surface area contributed by atoms with Gasteiger partial charge in [-0.1, -0.05) is 37.3 Å². The Balaban J connectivity index is 2.95. The van der Waals surface area contributed by atoms with Crippen LogP contribution in [0.4, 0.5) is 0 Å². The van der Waals surface area contributed by atoms with E-state index in [1.807, 2.05) is 24.4 Å². The third kappa shape index (κ3) is 2.06. The van der Waals surface area contributed by atoms with Crippen molar-refractivity contribution in [2.24, 2.45) is 4.99 Å². The number of benzene rings is 1. The Bertz CT molecular complexity index is 272. The Kier molecular flexibility index (Phi) is 3.27. The van der Waals surface area contributed by atoms with Gasteiger partial charge in [-0.25, -0.2) is 0 Å². The van der Waals surface area contributed by atoms with Crippen molar-refractivity contribution in [3.05, 3.63) is 42.1 Å². The number of nitrogens with zero attached hydrogens (tertiary/aromatic N) is 1. The topological polar surface area (TPSA) is 12.4 Å². The summed E-state index contributed by atoms with van der Waals surface area (Å²) >= 11 is 0. The van der Waals surface area contributed by atoms with Gasteiger partial charge >= 0.3 is 0 Å². The third-order valence-corrected chi connectivity index (χ3v) is 1.77. The van der Waals surface area contributed by atoms with E-state index in [4.69, 9.17) is 0 Å². The summed E-state index contributed by atoms with van der Waals surface area (Å²) in [6.45, 7) is 5.56. The van der Waals surface area contributed by atoms with Crippen LogP contribution in [0.15, 0.2) is 41.5 Å². The zero-order valence-electron chi connectivity index (χ0n) is 7.33. The van der Waals surface area contributed by atoms with Crippen LogP contribution in [0.25, 0.3) is 5.57 Å². The van der Waals surface area contributed by atoms with Gasteiger partial charge in [-0.2, -0.15) is 0 Å². The predicted molar refractivity (Wildman–Crippen MR) is 54.3 cm³/mol. The van der Waals surface area contributed by atoms with E-state index in [1.54, 1.807) is 0 Å². The van der Waals surface area contributed by atoms with Gasteiger partial charge in [0.05, 0.1) is 0 Å². The molecule has 0 atom stereocenters. The van der Waals surface area contributed by atoms with E-state index in [1.165, 1.54) is 11.1 Å². The molecule has 1 nitrogen and oxygen atoms in total. The Morgan fingerprint density at radius 2 is 2.08 bits per heavy atom. The molecule has 0 aliphatic heterocycles. The van der Waals surface area contributed by atoms with Crippen LogP contribution in [-0.4, -0.2) is 6.72 Å². The molecule has 0 amide bonds. The van der Waals surface area contributed by atoms with Crippen molar-refractivity contribution in [2.75, 3.05) is 0 Å². The molecule has 0 aliphatic rings. The fraction of sp³-hybridized carbons (Fsp3) is 0.182. The molecule has 0 unspecified atom stereocenters. The van der Waals surface area contributed by atoms with Gasteiger partial charge in [0.1, 0.15) is 0 Å². The summed E-state index contributed by atoms with van der Waals surface area (Å²) in [7, 11) is 0. The molecule has 0 heterocycles. The molecule has 0 N–H and O–H groups in total. The maximum Gasteiger partial charge on any atom is 0.0298 e. The first kappa shape index (κ1) is 8.72. The van der Waals surface area contributed by atoms with Crippen LogP contribution in [0, 0.1) is 0 Å². The van der Waals surface area contributed by atoms with Crippen molar-refractivity contribution < 1.29 is 0 Å². The molecule has 0 radical (unpaired) electrons. The number of aliphatic imine (C=N–C) groups is 1. The highest BCUT2D eigenvalue weighted by molar-refractivity contribution is 5.65. The van der Waals surface area contributed by atoms with Crippen molar-refractivity contribution in [2.45, 2.75) is 13.3 Å². The van der Waals surface area contributed by atoms with Crippen LogP contribution in [0.2, 0.25) is 0 Å². The lowest BCUT2D eigenvalue weighted by Gasteiger charge is -2.01. The second-order valence-corrected chi connectivity index (χ2v) is 2.56. The molecule has 0 aliphatic carbocycles. The molecule has 0 aromatic heterocycles. The van der Waals surface area contributed by atoms with Crippen LogP contribution in [0.1, 0.15) is 18.9 Å². The highest BCUT2D eigenvalue weighted by atomic mass is 14.6. The Hall–Kier alpha value is -1.37. The average molecular weight is 159 g/mol. The van der Waals surface area contributed by atoms with Crippen LogP contribution in [-0.2, 0) is 0 Å². The van der Waals surface area contributed by atoms with Crippen molar-refractivity contribution in [1.82, 2.24) is 0 Å². The summed E-state index contributed by atoms with van der Waals surface area (Å²) in [5.74, 6) is 0. The number of hydrogen-bond acceptors (Lipinski definition) is 1. The second kappa shape index (κ2) is 4.50. The largest absolute Gasteiger partial charge is 0.272 e. The fourth-order valence-corrected chi connectivity index (χ4v) is 1.13. The minimum absolute atomic E-state index is 0.989. The SMILES string of the molecule is C=N/C=C(\CC)c1ccccc1. The van der Waals surface area contributed by atoms with E-state index < -0.39 is 0 Å². The molecule has 12 heavy (non-hydrogen) atoms. The Morgan fingerprint density at radius 3 is 2.58 bits per heavy atom. The normalized spacial score (nSPS) is 11.2. The molecular formula is C11H13N. The lowest BCUT2D eigenvalue weighted by Crippen LogP contribution is -1.80. The predicted octanol–water partition coefficient (Wildman–Crippen LogP) is 3.14. The van der Waals surface area contributed by atoms with E-state index in [9.17, 15) is 0 Å². The van der Waals surface area contributed by atoms with Gasteiger partial charge in [0, 0.05) is 6.20 Å². The summed E-state index contributed by atoms with van der Waals surface area (Å²) in [5, 5.41) is 0. The Morgan fingerprint density at radius 1 is 1.42 bits per heavy atom. The lowest BCUT2D eigenvalue weighted by molar-refractivity contribution is 1.23. The molecule has 0 fully saturated rings. The van der Waals surface area contributed by atoms with E-state index in [0.29, 0.717) is 0 Å². The Labute approximate surface area is 73.5 Å². The zero-order chi connectivity index (χ0) is 8.81. The fourth-order valence-electron chi connectivity index (χ4n) is 1.13. The van der Waals surface area contributed by atoms with Gasteiger partial charge in [0.2, 0.25) is 0 Å². The molecule has 0 spiro atoms. The van der Waals surface area contributed by atoms with Crippen molar-refractivity contribution in [3.63, 3.8) is 0 Å². The molecule has 1 aromatic carbocycles. The maximum absolute atomic E-state index is 3.77. The van der Waals surface area contributed by atoms with E-state index >= 15 is 0 Å². The third-order valence-electron chi connectivity index (χ3n) is 1.77. The molecule has 0 saturated carbocycles. The molecule has 1 heteroatoms. The lowest BCUT2D eigenvalue weighted by atomic mass is 10.1. The second-order valence-electron chi connectivity index (χ2n) is 2.56. The first-order chi connectivity index (χ1) is 5.88. The van der Waals surface area contributed by atoms with Gasteiger partial charge in [-0.15, -0.1) is 0 Å². The summed E-state index contributed by atoms with van der Waals surface area (Å²) in [6, 6.07) is 10.2. The zero-order valence-corrected chi connectivity index (χ0v) is 7.33. The minimum Gasteiger partial charge on any atom is -0.272 e. The number of rotatable bonds is 3. The van der Waals surface area contributed by atoms with E-state index in [-0.39, 0.29) is 0 Å². The monoisotopic (exact) mass is 159 g/mol. The van der Waals surface area contributed by atoms with Gasteiger partial charge in [0.25, 0.3) is 0 Å². The van der Waals surface area contributed by atoms with Crippen LogP contribution >= 0.6 is 0 Å². The summed E-state index contributed by atoms with van der Waals surface area (Å²) in [4.78, 5) is 3.77. The highest BCUT2D eigenvalue weighted by Crippen LogP contribution is 2.16. The summed E-state index contributed by atoms with van der Waals surface area (Å²) < 4.78 is 0. The van der Waals surface area contributed by atoms with Crippen molar-refractivity contribution in [1.29, 1.82) is 0 Å². The molecular weight excluding hydrogens is 146 g/mol. The van der Waals surface area contributed by atoms with Gasteiger partial charge in [-0.3, -0.25) is 4.99 Å². The van der Waals surface area contributed by atoms with Crippen molar-refractivity contribution >= 4 is 12.3 Å². The summed E-state index contributed by atoms with van der Waals surface area (Å²) in [5.41, 5.74) is 2.46. The molecule has 0 bridgehead atoms. The molecule has 0 saturated heterocycles.